The van der Waals surface area contributed by atoms with E-state index in [0.717, 1.165) is 6.61 Å². The molecule has 1 rings (SSSR count). The molecule has 2 unspecified atom stereocenters. The van der Waals surface area contributed by atoms with E-state index < -0.39 is 15.3 Å². The van der Waals surface area contributed by atoms with Crippen molar-refractivity contribution in [2.24, 2.45) is 5.92 Å². The summed E-state index contributed by atoms with van der Waals surface area (Å²) < 4.78 is 37.2. The van der Waals surface area contributed by atoms with Gasteiger partial charge in [0.05, 0.1) is 6.10 Å². The highest BCUT2D eigenvalue weighted by Crippen LogP contribution is 2.19. The molecule has 1 aliphatic heterocycles. The van der Waals surface area contributed by atoms with Crippen LogP contribution in [0.25, 0.3) is 0 Å². The molecule has 1 N–H and O–H groups in total. The van der Waals surface area contributed by atoms with Crippen molar-refractivity contribution >= 4 is 10.0 Å². The van der Waals surface area contributed by atoms with E-state index >= 15 is 0 Å². The molecule has 0 saturated carbocycles. The zero-order valence-corrected chi connectivity index (χ0v) is 12.3. The molecule has 1 aliphatic rings. The number of ether oxygens (including phenoxy) is 2. The summed E-state index contributed by atoms with van der Waals surface area (Å²) in [5.41, 5.74) is 0. The quantitative estimate of drug-likeness (QED) is 0.677. The van der Waals surface area contributed by atoms with Crippen molar-refractivity contribution in [1.82, 2.24) is 4.72 Å². The Labute approximate surface area is 110 Å². The third-order valence-electron chi connectivity index (χ3n) is 2.93. The fraction of sp³-hybridized carbons (Fsp3) is 1.00. The van der Waals surface area contributed by atoms with Crippen LogP contribution in [0.3, 0.4) is 0 Å². The molecule has 0 aromatic carbocycles. The van der Waals surface area contributed by atoms with Gasteiger partial charge in [-0.1, -0.05) is 13.8 Å². The van der Waals surface area contributed by atoms with Crippen molar-refractivity contribution in [2.45, 2.75) is 45.0 Å². The second-order valence-corrected chi connectivity index (χ2v) is 7.15. The number of rotatable bonds is 8. The van der Waals surface area contributed by atoms with Crippen molar-refractivity contribution in [3.05, 3.63) is 0 Å². The molecule has 0 aliphatic carbocycles. The van der Waals surface area contributed by atoms with Gasteiger partial charge in [-0.25, -0.2) is 13.1 Å². The molecule has 0 spiro atoms. The molecule has 18 heavy (non-hydrogen) atoms. The van der Waals surface area contributed by atoms with E-state index in [1.165, 1.54) is 0 Å². The van der Waals surface area contributed by atoms with Gasteiger partial charge in [-0.3, -0.25) is 0 Å². The fourth-order valence-corrected chi connectivity index (χ4v) is 3.57. The van der Waals surface area contributed by atoms with Gasteiger partial charge < -0.3 is 9.47 Å². The predicted molar refractivity (Wildman–Crippen MR) is 71.0 cm³/mol. The summed E-state index contributed by atoms with van der Waals surface area (Å²) in [7, 11) is -3.24. The second kappa shape index (κ2) is 7.43. The molecule has 5 nitrogen and oxygen atoms in total. The van der Waals surface area contributed by atoms with Gasteiger partial charge in [0, 0.05) is 26.4 Å². The van der Waals surface area contributed by atoms with Gasteiger partial charge >= 0.3 is 0 Å². The minimum atomic E-state index is -3.24. The highest BCUT2D eigenvalue weighted by Gasteiger charge is 2.35. The first-order valence-electron chi connectivity index (χ1n) is 6.61. The summed E-state index contributed by atoms with van der Waals surface area (Å²) in [6.45, 7) is 8.27. The highest BCUT2D eigenvalue weighted by atomic mass is 32.2. The Balaban J connectivity index is 2.18. The zero-order valence-electron chi connectivity index (χ0n) is 11.5. The maximum Gasteiger partial charge on any atom is 0.217 e. The molecule has 1 fully saturated rings. The van der Waals surface area contributed by atoms with Crippen LogP contribution in [0.1, 0.15) is 33.6 Å². The van der Waals surface area contributed by atoms with Crippen molar-refractivity contribution in [3.63, 3.8) is 0 Å². The first-order chi connectivity index (χ1) is 8.43. The molecule has 0 radical (unpaired) electrons. The molecule has 1 heterocycles. The summed E-state index contributed by atoms with van der Waals surface area (Å²) in [4.78, 5) is 0. The highest BCUT2D eigenvalue weighted by molar-refractivity contribution is 7.90. The Morgan fingerprint density at radius 2 is 2.17 bits per heavy atom. The van der Waals surface area contributed by atoms with Gasteiger partial charge in [-0.2, -0.15) is 0 Å². The molecular formula is C12H25NO4S. The molecule has 0 bridgehead atoms. The fourth-order valence-electron chi connectivity index (χ4n) is 1.93. The van der Waals surface area contributed by atoms with Gasteiger partial charge in [0.15, 0.2) is 0 Å². The van der Waals surface area contributed by atoms with Gasteiger partial charge in [-0.05, 0) is 25.7 Å². The minimum Gasteiger partial charge on any atom is -0.381 e. The van der Waals surface area contributed by atoms with E-state index in [4.69, 9.17) is 9.47 Å². The lowest BCUT2D eigenvalue weighted by molar-refractivity contribution is 0.108. The molecule has 6 heteroatoms. The topological polar surface area (TPSA) is 64.6 Å². The van der Waals surface area contributed by atoms with Crippen LogP contribution >= 0.6 is 0 Å². The van der Waals surface area contributed by atoms with Crippen LogP contribution < -0.4 is 4.72 Å². The molecule has 0 aromatic heterocycles. The largest absolute Gasteiger partial charge is 0.381 e. The Hall–Kier alpha value is -0.170. The summed E-state index contributed by atoms with van der Waals surface area (Å²) in [5, 5.41) is -0.408. The first kappa shape index (κ1) is 15.9. The van der Waals surface area contributed by atoms with Crippen LogP contribution in [0, 0.1) is 5.92 Å². The van der Waals surface area contributed by atoms with Gasteiger partial charge in [0.1, 0.15) is 5.25 Å². The van der Waals surface area contributed by atoms with Gasteiger partial charge in [0.2, 0.25) is 10.0 Å². The third-order valence-corrected chi connectivity index (χ3v) is 4.95. The summed E-state index contributed by atoms with van der Waals surface area (Å²) >= 11 is 0. The van der Waals surface area contributed by atoms with Crippen molar-refractivity contribution in [2.75, 3.05) is 26.4 Å². The van der Waals surface area contributed by atoms with Crippen LogP contribution in [0.5, 0.6) is 0 Å². The van der Waals surface area contributed by atoms with E-state index in [2.05, 4.69) is 18.6 Å². The summed E-state index contributed by atoms with van der Waals surface area (Å²) in [6.07, 6.45) is 1.08. The SMILES string of the molecule is CC(C)COCCCNS(=O)(=O)C1CCOC1C. The second-order valence-electron chi connectivity index (χ2n) is 5.16. The molecule has 0 aromatic rings. The van der Waals surface area contributed by atoms with E-state index in [1.807, 2.05) is 6.92 Å². The van der Waals surface area contributed by atoms with E-state index in [1.54, 1.807) is 0 Å². The van der Waals surface area contributed by atoms with Crippen LogP contribution in [0.4, 0.5) is 0 Å². The van der Waals surface area contributed by atoms with Crippen molar-refractivity contribution in [3.8, 4) is 0 Å². The molecular weight excluding hydrogens is 254 g/mol. The van der Waals surface area contributed by atoms with E-state index in [-0.39, 0.29) is 6.10 Å². The Morgan fingerprint density at radius 3 is 2.72 bits per heavy atom. The zero-order chi connectivity index (χ0) is 13.6. The smallest absolute Gasteiger partial charge is 0.217 e. The van der Waals surface area contributed by atoms with Gasteiger partial charge in [-0.15, -0.1) is 0 Å². The van der Waals surface area contributed by atoms with E-state index in [9.17, 15) is 8.42 Å². The summed E-state index contributed by atoms with van der Waals surface area (Å²) in [6, 6.07) is 0. The Bertz CT molecular complexity index is 329. The lowest BCUT2D eigenvalue weighted by Gasteiger charge is -2.15. The number of nitrogens with one attached hydrogen (secondary N) is 1. The van der Waals surface area contributed by atoms with Crippen LogP contribution in [-0.2, 0) is 19.5 Å². The molecule has 0 amide bonds. The molecule has 108 valence electrons. The van der Waals surface area contributed by atoms with Crippen LogP contribution in [0.15, 0.2) is 0 Å². The predicted octanol–water partition coefficient (Wildman–Crippen LogP) is 1.15. The third kappa shape index (κ3) is 5.22. The average Bonchev–Trinajstić information content (AvgIpc) is 2.70. The maximum absolute atomic E-state index is 12.0. The lowest BCUT2D eigenvalue weighted by atomic mass is 10.2. The van der Waals surface area contributed by atoms with Crippen LogP contribution in [0.2, 0.25) is 0 Å². The lowest BCUT2D eigenvalue weighted by Crippen LogP contribution is -2.38. The molecule has 1 saturated heterocycles. The first-order valence-corrected chi connectivity index (χ1v) is 8.16. The summed E-state index contributed by atoms with van der Waals surface area (Å²) in [5.74, 6) is 0.512. The minimum absolute atomic E-state index is 0.209. The maximum atomic E-state index is 12.0. The number of hydrogen-bond acceptors (Lipinski definition) is 4. The van der Waals surface area contributed by atoms with Gasteiger partial charge in [0.25, 0.3) is 0 Å². The van der Waals surface area contributed by atoms with Crippen molar-refractivity contribution < 1.29 is 17.9 Å². The Kier molecular flexibility index (Phi) is 6.55. The number of sulfonamides is 1. The van der Waals surface area contributed by atoms with E-state index in [0.29, 0.717) is 38.5 Å². The Morgan fingerprint density at radius 1 is 1.44 bits per heavy atom. The monoisotopic (exact) mass is 279 g/mol. The normalized spacial score (nSPS) is 24.9. The number of hydrogen-bond donors (Lipinski definition) is 1. The molecule has 2 atom stereocenters. The standard InChI is InChI=1S/C12H25NO4S/c1-10(2)9-16-7-4-6-13-18(14,15)12-5-8-17-11(12)3/h10-13H,4-9H2,1-3H3. The van der Waals surface area contributed by atoms with Crippen molar-refractivity contribution in [1.29, 1.82) is 0 Å². The average molecular weight is 279 g/mol. The van der Waals surface area contributed by atoms with Crippen LogP contribution in [-0.4, -0.2) is 46.1 Å².